The molecule has 0 fully saturated rings. The molecular weight excluding hydrogens is 525 g/mol. The maximum Gasteiger partial charge on any atom is 0.416 e. The van der Waals surface area contributed by atoms with Gasteiger partial charge in [-0.05, 0) is 35.9 Å². The zero-order valence-electron chi connectivity index (χ0n) is 19.9. The topological polar surface area (TPSA) is 94.7 Å². The van der Waals surface area contributed by atoms with Crippen molar-refractivity contribution in [1.29, 1.82) is 0 Å². The molecule has 0 spiro atoms. The number of nitrogens with one attached hydrogen (secondary N) is 1. The first kappa shape index (κ1) is 25.0. The molecule has 1 N–H and O–H groups in total. The summed E-state index contributed by atoms with van der Waals surface area (Å²) in [4.78, 5) is 4.18. The minimum absolute atomic E-state index is 0.0280. The Morgan fingerprint density at radius 1 is 1.03 bits per heavy atom. The summed E-state index contributed by atoms with van der Waals surface area (Å²) in [7, 11) is -0.523. The third kappa shape index (κ3) is 4.60. The van der Waals surface area contributed by atoms with E-state index >= 15 is 0 Å². The second kappa shape index (κ2) is 8.99. The van der Waals surface area contributed by atoms with Crippen LogP contribution in [-0.4, -0.2) is 32.1 Å². The quantitative estimate of drug-likeness (QED) is 0.304. The lowest BCUT2D eigenvalue weighted by Gasteiger charge is -2.14. The van der Waals surface area contributed by atoms with Crippen molar-refractivity contribution in [1.82, 2.24) is 23.7 Å². The SMILES string of the molecule is CCc1nsc(NS(=O)(=O)c2ccc3c(-c4ccc(C(F)(F)F)cc4-c4ccnn4C)cn(C)c3c2)n1. The summed E-state index contributed by atoms with van der Waals surface area (Å²) in [5.41, 5.74) is 1.94. The molecule has 2 aromatic carbocycles. The Kier molecular flexibility index (Phi) is 6.07. The first-order valence-corrected chi connectivity index (χ1v) is 13.4. The van der Waals surface area contributed by atoms with Crippen LogP contribution < -0.4 is 4.72 Å². The Bertz CT molecular complexity index is 1730. The number of aryl methyl sites for hydroxylation is 3. The molecule has 0 atom stereocenters. The number of hydrogen-bond acceptors (Lipinski definition) is 6. The molecule has 0 saturated heterocycles. The molecule has 0 aliphatic heterocycles. The zero-order chi connectivity index (χ0) is 26.5. The maximum atomic E-state index is 13.5. The van der Waals surface area contributed by atoms with Crippen LogP contribution in [0, 0.1) is 0 Å². The number of hydrogen-bond donors (Lipinski definition) is 1. The van der Waals surface area contributed by atoms with Crippen molar-refractivity contribution in [3.8, 4) is 22.4 Å². The average molecular weight is 547 g/mol. The van der Waals surface area contributed by atoms with E-state index in [4.69, 9.17) is 0 Å². The van der Waals surface area contributed by atoms with E-state index in [2.05, 4.69) is 19.2 Å². The molecule has 13 heteroatoms. The van der Waals surface area contributed by atoms with Gasteiger partial charge in [0.1, 0.15) is 5.82 Å². The third-order valence-electron chi connectivity index (χ3n) is 6.01. The number of sulfonamides is 1. The Balaban J connectivity index is 1.62. The van der Waals surface area contributed by atoms with Crippen LogP contribution in [0.4, 0.5) is 18.3 Å². The molecule has 0 saturated carbocycles. The van der Waals surface area contributed by atoms with Gasteiger partial charge in [-0.15, -0.1) is 0 Å². The van der Waals surface area contributed by atoms with Gasteiger partial charge in [0.25, 0.3) is 10.0 Å². The van der Waals surface area contributed by atoms with Crippen molar-refractivity contribution in [2.24, 2.45) is 14.1 Å². The van der Waals surface area contributed by atoms with Crippen LogP contribution in [0.15, 0.2) is 59.8 Å². The second-order valence-corrected chi connectivity index (χ2v) is 10.8. The fourth-order valence-electron chi connectivity index (χ4n) is 4.16. The summed E-state index contributed by atoms with van der Waals surface area (Å²) in [5, 5.41) is 4.98. The Morgan fingerprint density at radius 3 is 2.46 bits per heavy atom. The molecule has 0 amide bonds. The Labute approximate surface area is 214 Å². The number of alkyl halides is 3. The van der Waals surface area contributed by atoms with Gasteiger partial charge in [0.15, 0.2) is 0 Å². The van der Waals surface area contributed by atoms with Crippen LogP contribution in [0.2, 0.25) is 0 Å². The highest BCUT2D eigenvalue weighted by molar-refractivity contribution is 7.93. The van der Waals surface area contributed by atoms with E-state index in [0.717, 1.165) is 23.7 Å². The molecule has 3 aromatic heterocycles. The van der Waals surface area contributed by atoms with E-state index in [9.17, 15) is 21.6 Å². The molecule has 0 aliphatic carbocycles. The van der Waals surface area contributed by atoms with E-state index in [1.54, 1.807) is 37.0 Å². The van der Waals surface area contributed by atoms with Crippen molar-refractivity contribution >= 4 is 37.6 Å². The summed E-state index contributed by atoms with van der Waals surface area (Å²) in [6, 6.07) is 9.89. The lowest BCUT2D eigenvalue weighted by molar-refractivity contribution is -0.137. The van der Waals surface area contributed by atoms with Gasteiger partial charge in [-0.3, -0.25) is 9.40 Å². The lowest BCUT2D eigenvalue weighted by Crippen LogP contribution is -2.12. The van der Waals surface area contributed by atoms with Crippen LogP contribution in [-0.2, 0) is 36.7 Å². The Hall–Kier alpha value is -3.71. The van der Waals surface area contributed by atoms with Gasteiger partial charge in [0, 0.05) is 66.5 Å². The molecule has 5 aromatic rings. The first-order chi connectivity index (χ1) is 17.5. The molecule has 0 unspecified atom stereocenters. The van der Waals surface area contributed by atoms with Crippen molar-refractivity contribution in [3.05, 3.63) is 66.2 Å². The molecule has 0 bridgehead atoms. The number of aromatic nitrogens is 5. The lowest BCUT2D eigenvalue weighted by atomic mass is 9.95. The fourth-order valence-corrected chi connectivity index (χ4v) is 6.06. The standard InChI is InChI=1S/C24H21F3N6O2S2/c1-4-22-29-23(36-30-22)31-37(34,35)15-6-8-17-19(13-32(2)21(17)12-15)16-7-5-14(24(25,26)27)11-18(16)20-9-10-28-33(20)3/h5-13H,4H2,1-3H3,(H,29,30,31). The first-order valence-electron chi connectivity index (χ1n) is 11.1. The van der Waals surface area contributed by atoms with E-state index in [1.165, 1.54) is 29.1 Å². The van der Waals surface area contributed by atoms with E-state index < -0.39 is 21.8 Å². The summed E-state index contributed by atoms with van der Waals surface area (Å²) in [6.07, 6.45) is -0.629. The van der Waals surface area contributed by atoms with Gasteiger partial charge in [-0.2, -0.15) is 22.6 Å². The van der Waals surface area contributed by atoms with Gasteiger partial charge < -0.3 is 4.57 Å². The number of benzene rings is 2. The number of anilines is 1. The van der Waals surface area contributed by atoms with Crippen LogP contribution in [0.5, 0.6) is 0 Å². The minimum atomic E-state index is -4.51. The molecule has 8 nitrogen and oxygen atoms in total. The highest BCUT2D eigenvalue weighted by Gasteiger charge is 2.32. The fraction of sp³-hybridized carbons (Fsp3) is 0.208. The van der Waals surface area contributed by atoms with Crippen LogP contribution in [0.25, 0.3) is 33.3 Å². The number of rotatable bonds is 6. The van der Waals surface area contributed by atoms with E-state index in [0.29, 0.717) is 45.5 Å². The monoisotopic (exact) mass is 546 g/mol. The predicted octanol–water partition coefficient (Wildman–Crippen LogP) is 5.48. The van der Waals surface area contributed by atoms with Gasteiger partial charge in [-0.25, -0.2) is 13.4 Å². The van der Waals surface area contributed by atoms with Crippen molar-refractivity contribution in [2.75, 3.05) is 4.72 Å². The summed E-state index contributed by atoms with van der Waals surface area (Å²) < 4.78 is 76.4. The van der Waals surface area contributed by atoms with E-state index in [1.807, 2.05) is 6.92 Å². The molecule has 37 heavy (non-hydrogen) atoms. The van der Waals surface area contributed by atoms with Gasteiger partial charge >= 0.3 is 6.18 Å². The second-order valence-electron chi connectivity index (χ2n) is 8.41. The maximum absolute atomic E-state index is 13.5. The third-order valence-corrected chi connectivity index (χ3v) is 8.15. The molecule has 0 radical (unpaired) electrons. The summed E-state index contributed by atoms with van der Waals surface area (Å²) >= 11 is 0.964. The largest absolute Gasteiger partial charge is 0.416 e. The van der Waals surface area contributed by atoms with Crippen LogP contribution in [0.1, 0.15) is 18.3 Å². The highest BCUT2D eigenvalue weighted by atomic mass is 32.2. The number of halogens is 3. The smallest absolute Gasteiger partial charge is 0.350 e. The average Bonchev–Trinajstić information content (AvgIpc) is 3.56. The van der Waals surface area contributed by atoms with Crippen LogP contribution in [0.3, 0.4) is 0 Å². The van der Waals surface area contributed by atoms with Gasteiger partial charge in [0.2, 0.25) is 5.13 Å². The molecule has 0 aliphatic rings. The summed E-state index contributed by atoms with van der Waals surface area (Å²) in [6.45, 7) is 1.87. The summed E-state index contributed by atoms with van der Waals surface area (Å²) in [5.74, 6) is 0.547. The molecule has 5 rings (SSSR count). The van der Waals surface area contributed by atoms with E-state index in [-0.39, 0.29) is 10.0 Å². The minimum Gasteiger partial charge on any atom is -0.350 e. The number of fused-ring (bicyclic) bond motifs is 1. The Morgan fingerprint density at radius 2 is 1.81 bits per heavy atom. The zero-order valence-corrected chi connectivity index (χ0v) is 21.5. The highest BCUT2D eigenvalue weighted by Crippen LogP contribution is 2.41. The van der Waals surface area contributed by atoms with Crippen molar-refractivity contribution < 1.29 is 21.6 Å². The molecule has 3 heterocycles. The van der Waals surface area contributed by atoms with Gasteiger partial charge in [0.05, 0.1) is 16.2 Å². The van der Waals surface area contributed by atoms with Crippen molar-refractivity contribution in [3.63, 3.8) is 0 Å². The molecular formula is C24H21F3N6O2S2. The molecule has 192 valence electrons. The van der Waals surface area contributed by atoms with Crippen LogP contribution >= 0.6 is 11.5 Å². The normalized spacial score (nSPS) is 12.4. The van der Waals surface area contributed by atoms with Gasteiger partial charge in [-0.1, -0.05) is 19.1 Å². The van der Waals surface area contributed by atoms with Crippen molar-refractivity contribution in [2.45, 2.75) is 24.4 Å². The number of nitrogens with zero attached hydrogens (tertiary/aromatic N) is 5. The predicted molar refractivity (Wildman–Crippen MR) is 136 cm³/mol.